The molecule has 1 aromatic carbocycles. The van der Waals surface area contributed by atoms with Gasteiger partial charge in [-0.15, -0.1) is 13.2 Å². The van der Waals surface area contributed by atoms with Gasteiger partial charge in [0.1, 0.15) is 5.75 Å². The van der Waals surface area contributed by atoms with Gasteiger partial charge >= 0.3 is 6.36 Å². The lowest BCUT2D eigenvalue weighted by Crippen LogP contribution is -2.42. The van der Waals surface area contributed by atoms with Crippen LogP contribution in [0.2, 0.25) is 0 Å². The van der Waals surface area contributed by atoms with Gasteiger partial charge in [0.2, 0.25) is 0 Å². The smallest absolute Gasteiger partial charge is 0.406 e. The summed E-state index contributed by atoms with van der Waals surface area (Å²) in [7, 11) is 0. The quantitative estimate of drug-likeness (QED) is 0.564. The number of morpholine rings is 1. The summed E-state index contributed by atoms with van der Waals surface area (Å²) in [5.74, 6) is 0.461. The van der Waals surface area contributed by atoms with E-state index in [1.807, 2.05) is 0 Å². The first-order valence-electron chi connectivity index (χ1n) is 8.50. The van der Waals surface area contributed by atoms with E-state index in [-0.39, 0.29) is 12.3 Å². The average Bonchev–Trinajstić information content (AvgIpc) is 2.59. The molecule has 1 atom stereocenters. The van der Waals surface area contributed by atoms with Crippen molar-refractivity contribution in [1.29, 1.82) is 0 Å². The third kappa shape index (κ3) is 7.92. The van der Waals surface area contributed by atoms with E-state index in [1.54, 1.807) is 0 Å². The van der Waals surface area contributed by atoms with Gasteiger partial charge in [0.15, 0.2) is 5.96 Å². The SMILES string of the molecule is CC(CNC(N)=NCc1ccc(OC(F)(F)F)cc1)CN1CCOCC1. The van der Waals surface area contributed by atoms with E-state index < -0.39 is 6.36 Å². The van der Waals surface area contributed by atoms with E-state index in [2.05, 4.69) is 26.9 Å². The van der Waals surface area contributed by atoms with Crippen molar-refractivity contribution >= 4 is 5.96 Å². The van der Waals surface area contributed by atoms with Crippen molar-refractivity contribution in [2.24, 2.45) is 16.6 Å². The van der Waals surface area contributed by atoms with Crippen molar-refractivity contribution in [3.8, 4) is 5.75 Å². The van der Waals surface area contributed by atoms with Crippen LogP contribution in [-0.4, -0.2) is 56.6 Å². The third-order valence-corrected chi connectivity index (χ3v) is 3.89. The molecular weight excluding hydrogens is 349 g/mol. The minimum absolute atomic E-state index is 0.256. The molecule has 0 bridgehead atoms. The molecule has 1 unspecified atom stereocenters. The maximum Gasteiger partial charge on any atom is 0.573 e. The Morgan fingerprint density at radius 3 is 2.58 bits per heavy atom. The van der Waals surface area contributed by atoms with E-state index in [4.69, 9.17) is 10.5 Å². The van der Waals surface area contributed by atoms with Crippen LogP contribution in [0.5, 0.6) is 5.75 Å². The summed E-state index contributed by atoms with van der Waals surface area (Å²) in [6.07, 6.45) is -4.69. The number of hydrogen-bond acceptors (Lipinski definition) is 4. The Hall–Kier alpha value is -2.00. The number of guanidine groups is 1. The Morgan fingerprint density at radius 2 is 1.96 bits per heavy atom. The van der Waals surface area contributed by atoms with E-state index in [0.717, 1.165) is 38.4 Å². The number of nitrogens with two attached hydrogens (primary N) is 1. The maximum absolute atomic E-state index is 12.1. The molecule has 1 aliphatic heterocycles. The average molecular weight is 374 g/mol. The number of nitrogens with zero attached hydrogens (tertiary/aromatic N) is 2. The minimum atomic E-state index is -4.69. The highest BCUT2D eigenvalue weighted by Gasteiger charge is 2.30. The largest absolute Gasteiger partial charge is 0.573 e. The first-order valence-corrected chi connectivity index (χ1v) is 8.50. The number of benzene rings is 1. The highest BCUT2D eigenvalue weighted by molar-refractivity contribution is 5.77. The van der Waals surface area contributed by atoms with Gasteiger partial charge in [-0.2, -0.15) is 0 Å². The Kier molecular flexibility index (Phi) is 7.52. The highest BCUT2D eigenvalue weighted by atomic mass is 19.4. The zero-order valence-corrected chi connectivity index (χ0v) is 14.8. The fourth-order valence-corrected chi connectivity index (χ4v) is 2.60. The summed E-state index contributed by atoms with van der Waals surface area (Å²) >= 11 is 0. The van der Waals surface area contributed by atoms with E-state index in [1.165, 1.54) is 24.3 Å². The lowest BCUT2D eigenvalue weighted by Gasteiger charge is -2.29. The van der Waals surface area contributed by atoms with Crippen LogP contribution in [0.1, 0.15) is 12.5 Å². The van der Waals surface area contributed by atoms with Gasteiger partial charge in [-0.25, -0.2) is 4.99 Å². The monoisotopic (exact) mass is 374 g/mol. The number of nitrogens with one attached hydrogen (secondary N) is 1. The Bertz CT molecular complexity index is 572. The molecule has 26 heavy (non-hydrogen) atoms. The van der Waals surface area contributed by atoms with Crippen LogP contribution in [0.25, 0.3) is 0 Å². The number of alkyl halides is 3. The van der Waals surface area contributed by atoms with Crippen LogP contribution in [-0.2, 0) is 11.3 Å². The molecule has 0 spiro atoms. The van der Waals surface area contributed by atoms with Gasteiger partial charge in [-0.3, -0.25) is 4.90 Å². The van der Waals surface area contributed by atoms with Crippen molar-refractivity contribution in [2.75, 3.05) is 39.4 Å². The fourth-order valence-electron chi connectivity index (χ4n) is 2.60. The van der Waals surface area contributed by atoms with Crippen LogP contribution in [0, 0.1) is 5.92 Å². The molecular formula is C17H25F3N4O2. The molecule has 1 heterocycles. The third-order valence-electron chi connectivity index (χ3n) is 3.89. The molecule has 1 aliphatic rings. The Balaban J connectivity index is 1.71. The highest BCUT2D eigenvalue weighted by Crippen LogP contribution is 2.22. The number of aliphatic imine (C=N–C) groups is 1. The van der Waals surface area contributed by atoms with Gasteiger partial charge in [0.05, 0.1) is 19.8 Å². The van der Waals surface area contributed by atoms with E-state index in [0.29, 0.717) is 18.4 Å². The molecule has 0 saturated carbocycles. The summed E-state index contributed by atoms with van der Waals surface area (Å²) in [6, 6.07) is 5.57. The molecule has 0 amide bonds. The van der Waals surface area contributed by atoms with Gasteiger partial charge in [-0.1, -0.05) is 19.1 Å². The summed E-state index contributed by atoms with van der Waals surface area (Å²) in [5.41, 5.74) is 6.59. The van der Waals surface area contributed by atoms with Crippen LogP contribution < -0.4 is 15.8 Å². The lowest BCUT2D eigenvalue weighted by molar-refractivity contribution is -0.274. The van der Waals surface area contributed by atoms with Crippen LogP contribution in [0.3, 0.4) is 0 Å². The van der Waals surface area contributed by atoms with Crippen molar-refractivity contribution in [3.05, 3.63) is 29.8 Å². The van der Waals surface area contributed by atoms with Crippen molar-refractivity contribution in [1.82, 2.24) is 10.2 Å². The van der Waals surface area contributed by atoms with Gasteiger partial charge < -0.3 is 20.5 Å². The molecule has 0 radical (unpaired) electrons. The zero-order chi connectivity index (χ0) is 19.0. The molecule has 146 valence electrons. The minimum Gasteiger partial charge on any atom is -0.406 e. The van der Waals surface area contributed by atoms with E-state index in [9.17, 15) is 13.2 Å². The van der Waals surface area contributed by atoms with Crippen molar-refractivity contribution in [2.45, 2.75) is 19.8 Å². The molecule has 6 nitrogen and oxygen atoms in total. The maximum atomic E-state index is 12.1. The molecule has 0 aromatic heterocycles. The molecule has 9 heteroatoms. The molecule has 0 aliphatic carbocycles. The summed E-state index contributed by atoms with van der Waals surface area (Å²) in [5, 5.41) is 3.08. The number of rotatable bonds is 7. The second-order valence-corrected chi connectivity index (χ2v) is 6.29. The molecule has 3 N–H and O–H groups in total. The molecule has 1 saturated heterocycles. The fraction of sp³-hybridized carbons (Fsp3) is 0.588. The first kappa shape index (κ1) is 20.3. The second kappa shape index (κ2) is 9.63. The lowest BCUT2D eigenvalue weighted by atomic mass is 10.1. The molecule has 1 aromatic rings. The summed E-state index contributed by atoms with van der Waals surface area (Å²) in [4.78, 5) is 6.56. The summed E-state index contributed by atoms with van der Waals surface area (Å²) in [6.45, 7) is 7.52. The van der Waals surface area contributed by atoms with E-state index >= 15 is 0 Å². The van der Waals surface area contributed by atoms with Crippen LogP contribution in [0.4, 0.5) is 13.2 Å². The van der Waals surface area contributed by atoms with Gasteiger partial charge in [0, 0.05) is 26.2 Å². The normalized spacial score (nSPS) is 17.8. The van der Waals surface area contributed by atoms with Crippen molar-refractivity contribution < 1.29 is 22.6 Å². The Labute approximate surface area is 151 Å². The van der Waals surface area contributed by atoms with Crippen LogP contribution in [0.15, 0.2) is 29.3 Å². The van der Waals surface area contributed by atoms with Gasteiger partial charge in [-0.05, 0) is 23.6 Å². The molecule has 1 fully saturated rings. The topological polar surface area (TPSA) is 72.1 Å². The summed E-state index contributed by atoms with van der Waals surface area (Å²) < 4.78 is 45.5. The van der Waals surface area contributed by atoms with Gasteiger partial charge in [0.25, 0.3) is 0 Å². The zero-order valence-electron chi connectivity index (χ0n) is 14.8. The van der Waals surface area contributed by atoms with Crippen molar-refractivity contribution in [3.63, 3.8) is 0 Å². The second-order valence-electron chi connectivity index (χ2n) is 6.29. The predicted octanol–water partition coefficient (Wildman–Crippen LogP) is 1.96. The first-order chi connectivity index (χ1) is 12.3. The Morgan fingerprint density at radius 1 is 1.31 bits per heavy atom. The number of halogens is 3. The van der Waals surface area contributed by atoms with Crippen LogP contribution >= 0.6 is 0 Å². The standard InChI is InChI=1S/C17H25F3N4O2/c1-13(12-24-6-8-25-9-7-24)10-22-16(21)23-11-14-2-4-15(5-3-14)26-17(18,19)20/h2-5,13H,6-12H2,1H3,(H3,21,22,23). The number of hydrogen-bond donors (Lipinski definition) is 2. The predicted molar refractivity (Wildman–Crippen MR) is 92.9 cm³/mol. The molecule has 2 rings (SSSR count). The number of ether oxygens (including phenoxy) is 2.